The molecule has 2 aromatic rings. The second-order valence-corrected chi connectivity index (χ2v) is 8.05. The van der Waals surface area contributed by atoms with Crippen LogP contribution in [0, 0.1) is 0 Å². The van der Waals surface area contributed by atoms with Gasteiger partial charge in [-0.2, -0.15) is 0 Å². The Morgan fingerprint density at radius 1 is 0.783 bits per heavy atom. The number of hydrogen-bond donors (Lipinski definition) is 1. The Hall–Kier alpha value is -1.17. The Morgan fingerprint density at radius 2 is 1.30 bits per heavy atom. The molecule has 2 aromatic carbocycles. The van der Waals surface area contributed by atoms with Gasteiger partial charge in [-0.3, -0.25) is 0 Å². The first-order valence-electron chi connectivity index (χ1n) is 8.96. The lowest BCUT2D eigenvalue weighted by molar-refractivity contribution is 0.525. The van der Waals surface area contributed by atoms with Crippen LogP contribution in [0.4, 0.5) is 0 Å². The fourth-order valence-electron chi connectivity index (χ4n) is 3.02. The maximum absolute atomic E-state index is 6.47. The summed E-state index contributed by atoms with van der Waals surface area (Å²) in [5, 5.41) is 2.50. The molecule has 2 N–H and O–H groups in total. The average Bonchev–Trinajstić information content (AvgIpc) is 2.62. The molecule has 0 amide bonds. The lowest BCUT2D eigenvalue weighted by atomic mass is 9.89. The molecular weight excluding hydrogens is 297 g/mol. The van der Waals surface area contributed by atoms with Gasteiger partial charge in [0.05, 0.1) is 0 Å². The van der Waals surface area contributed by atoms with Gasteiger partial charge in [-0.1, -0.05) is 94.1 Å². The van der Waals surface area contributed by atoms with E-state index in [1.165, 1.54) is 54.7 Å². The van der Waals surface area contributed by atoms with Crippen molar-refractivity contribution in [2.75, 3.05) is 0 Å². The van der Waals surface area contributed by atoms with Gasteiger partial charge in [-0.25, -0.2) is 0 Å². The molecule has 1 atom stereocenters. The third kappa shape index (κ3) is 5.44. The third-order valence-corrected chi connectivity index (χ3v) is 6.20. The van der Waals surface area contributed by atoms with Crippen LogP contribution >= 0.6 is 8.07 Å². The van der Waals surface area contributed by atoms with Crippen molar-refractivity contribution in [3.63, 3.8) is 0 Å². The van der Waals surface area contributed by atoms with Crippen LogP contribution in [0.3, 0.4) is 0 Å². The molecule has 0 aliphatic heterocycles. The quantitative estimate of drug-likeness (QED) is 0.608. The van der Waals surface area contributed by atoms with Gasteiger partial charge in [-0.15, -0.1) is 0 Å². The van der Waals surface area contributed by atoms with Crippen molar-refractivity contribution < 1.29 is 0 Å². The van der Waals surface area contributed by atoms with Crippen LogP contribution in [0.2, 0.25) is 0 Å². The minimum Gasteiger partial charge on any atom is -0.302 e. The largest absolute Gasteiger partial charge is 0.302 e. The van der Waals surface area contributed by atoms with Gasteiger partial charge in [0.25, 0.3) is 0 Å². The summed E-state index contributed by atoms with van der Waals surface area (Å²) in [6, 6.07) is 19.6. The minimum atomic E-state index is -0.724. The predicted octanol–water partition coefficient (Wildman–Crippen LogP) is 5.46. The summed E-state index contributed by atoms with van der Waals surface area (Å²) >= 11 is 0. The van der Waals surface area contributed by atoms with Crippen LogP contribution in [-0.2, 0) is 0 Å². The topological polar surface area (TPSA) is 26.0 Å². The van der Waals surface area contributed by atoms with Crippen LogP contribution in [0.15, 0.2) is 54.6 Å². The summed E-state index contributed by atoms with van der Waals surface area (Å²) < 4.78 is 0. The smallest absolute Gasteiger partial charge is 0.0225 e. The number of rotatable bonds is 9. The van der Waals surface area contributed by atoms with E-state index in [-0.39, 0.29) is 0 Å². The van der Waals surface area contributed by atoms with Crippen molar-refractivity contribution in [2.24, 2.45) is 5.50 Å². The highest BCUT2D eigenvalue weighted by Gasteiger charge is 2.13. The molecule has 0 fully saturated rings. The molecular formula is C21H30NP. The fourth-order valence-corrected chi connectivity index (χ4v) is 4.29. The van der Waals surface area contributed by atoms with Crippen molar-refractivity contribution >= 4 is 18.7 Å². The maximum Gasteiger partial charge on any atom is 0.0225 e. The molecule has 1 nitrogen and oxygen atoms in total. The molecule has 0 aromatic heterocycles. The summed E-state index contributed by atoms with van der Waals surface area (Å²) in [6.07, 6.45) is 7.83. The van der Waals surface area contributed by atoms with Crippen molar-refractivity contribution in [2.45, 2.75) is 58.3 Å². The number of hydrogen-bond acceptors (Lipinski definition) is 1. The summed E-state index contributed by atoms with van der Waals surface area (Å²) in [5.74, 6) is 0.713. The van der Waals surface area contributed by atoms with E-state index in [1.54, 1.807) is 0 Å². The van der Waals surface area contributed by atoms with E-state index in [4.69, 9.17) is 5.50 Å². The zero-order chi connectivity index (χ0) is 16.5. The average molecular weight is 327 g/mol. The summed E-state index contributed by atoms with van der Waals surface area (Å²) in [6.45, 7) is 4.56. The van der Waals surface area contributed by atoms with Crippen LogP contribution < -0.4 is 16.1 Å². The van der Waals surface area contributed by atoms with E-state index in [0.29, 0.717) is 5.92 Å². The Labute approximate surface area is 143 Å². The van der Waals surface area contributed by atoms with Gasteiger partial charge in [0.1, 0.15) is 0 Å². The Kier molecular flexibility index (Phi) is 7.79. The molecule has 0 aliphatic carbocycles. The van der Waals surface area contributed by atoms with Crippen LogP contribution in [0.25, 0.3) is 0 Å². The number of benzene rings is 2. The van der Waals surface area contributed by atoms with Crippen molar-refractivity contribution in [3.05, 3.63) is 60.2 Å². The second-order valence-electron chi connectivity index (χ2n) is 6.28. The zero-order valence-electron chi connectivity index (χ0n) is 14.5. The highest BCUT2D eigenvalue weighted by molar-refractivity contribution is 7.70. The van der Waals surface area contributed by atoms with Gasteiger partial charge in [0.15, 0.2) is 0 Å². The highest BCUT2D eigenvalue weighted by atomic mass is 31.1. The lowest BCUT2D eigenvalue weighted by Crippen LogP contribution is -2.17. The van der Waals surface area contributed by atoms with Crippen LogP contribution in [0.5, 0.6) is 0 Å². The first-order valence-corrected chi connectivity index (χ1v) is 10.4. The predicted molar refractivity (Wildman–Crippen MR) is 105 cm³/mol. The highest BCUT2D eigenvalue weighted by Crippen LogP contribution is 2.29. The van der Waals surface area contributed by atoms with E-state index in [9.17, 15) is 0 Å². The van der Waals surface area contributed by atoms with Gasteiger partial charge in [0.2, 0.25) is 0 Å². The first-order chi connectivity index (χ1) is 11.3. The monoisotopic (exact) mass is 327 g/mol. The van der Waals surface area contributed by atoms with E-state index in [2.05, 4.69) is 62.4 Å². The van der Waals surface area contributed by atoms with Gasteiger partial charge in [-0.05, 0) is 34.9 Å². The molecule has 124 valence electrons. The first kappa shape index (κ1) is 18.2. The standard InChI is InChI=1S/C21H30NP/c1-3-5-10-18(11-6-4-2)19-14-16-21(17-15-19)23(22)20-12-8-7-9-13-20/h7-9,12-18H,3-6,10-11,22H2,1-2H3. The zero-order valence-corrected chi connectivity index (χ0v) is 15.4. The van der Waals surface area contributed by atoms with Crippen LogP contribution in [0.1, 0.15) is 63.9 Å². The van der Waals surface area contributed by atoms with Crippen molar-refractivity contribution in [3.8, 4) is 0 Å². The molecule has 0 heterocycles. The molecule has 0 saturated carbocycles. The molecule has 0 spiro atoms. The molecule has 2 heteroatoms. The Bertz CT molecular complexity index is 542. The van der Waals surface area contributed by atoms with Gasteiger partial charge in [0, 0.05) is 8.07 Å². The molecule has 0 radical (unpaired) electrons. The SMILES string of the molecule is CCCCC(CCCC)c1ccc(P(N)c2ccccc2)cc1. The van der Waals surface area contributed by atoms with E-state index in [1.807, 2.05) is 6.07 Å². The second kappa shape index (κ2) is 9.85. The van der Waals surface area contributed by atoms with E-state index >= 15 is 0 Å². The van der Waals surface area contributed by atoms with Gasteiger partial charge >= 0.3 is 0 Å². The molecule has 0 saturated heterocycles. The molecule has 0 bridgehead atoms. The lowest BCUT2D eigenvalue weighted by Gasteiger charge is -2.19. The molecule has 23 heavy (non-hydrogen) atoms. The van der Waals surface area contributed by atoms with Crippen LogP contribution in [-0.4, -0.2) is 0 Å². The van der Waals surface area contributed by atoms with Crippen molar-refractivity contribution in [1.82, 2.24) is 0 Å². The molecule has 0 aliphatic rings. The molecule has 1 unspecified atom stereocenters. The molecule has 2 rings (SSSR count). The number of unbranched alkanes of at least 4 members (excludes halogenated alkanes) is 2. The maximum atomic E-state index is 6.47. The Balaban J connectivity index is 2.09. The Morgan fingerprint density at radius 3 is 1.83 bits per heavy atom. The van der Waals surface area contributed by atoms with E-state index < -0.39 is 8.07 Å². The summed E-state index contributed by atoms with van der Waals surface area (Å²) in [7, 11) is -0.724. The van der Waals surface area contributed by atoms with Crippen molar-refractivity contribution in [1.29, 1.82) is 0 Å². The third-order valence-electron chi connectivity index (χ3n) is 4.49. The normalized spacial score (nSPS) is 12.5. The van der Waals surface area contributed by atoms with Gasteiger partial charge < -0.3 is 5.50 Å². The summed E-state index contributed by atoms with van der Waals surface area (Å²) in [5.41, 5.74) is 7.96. The minimum absolute atomic E-state index is 0.713. The van der Waals surface area contributed by atoms with E-state index in [0.717, 1.165) is 0 Å². The number of nitrogens with two attached hydrogens (primary N) is 1. The summed E-state index contributed by atoms with van der Waals surface area (Å²) in [4.78, 5) is 0. The fraction of sp³-hybridized carbons (Fsp3) is 0.429.